The molecular weight excluding hydrogens is 320 g/mol. The quantitative estimate of drug-likeness (QED) is 0.776. The lowest BCUT2D eigenvalue weighted by atomic mass is 10.1. The second-order valence-corrected chi connectivity index (χ2v) is 6.41. The maximum atomic E-state index is 12.3. The molecule has 0 saturated heterocycles. The number of hydrogen-bond donors (Lipinski definition) is 1. The second kappa shape index (κ2) is 7.23. The van der Waals surface area contributed by atoms with E-state index in [4.69, 9.17) is 0 Å². The van der Waals surface area contributed by atoms with Crippen molar-refractivity contribution in [2.75, 3.05) is 19.0 Å². The van der Waals surface area contributed by atoms with Crippen LogP contribution in [-0.2, 0) is 6.54 Å². The third kappa shape index (κ3) is 3.78. The molecule has 0 atom stereocenters. The predicted octanol–water partition coefficient (Wildman–Crippen LogP) is 3.20. The van der Waals surface area contributed by atoms with Crippen LogP contribution in [-0.4, -0.2) is 30.0 Å². The van der Waals surface area contributed by atoms with Gasteiger partial charge in [-0.1, -0.05) is 18.2 Å². The maximum Gasteiger partial charge on any atom is 0.251 e. The van der Waals surface area contributed by atoms with Crippen molar-refractivity contribution < 1.29 is 4.79 Å². The number of nitrogens with one attached hydrogen (secondary N) is 1. The summed E-state index contributed by atoms with van der Waals surface area (Å²) in [5.74, 6) is 1.27. The van der Waals surface area contributed by atoms with Gasteiger partial charge in [-0.25, -0.2) is 9.97 Å². The van der Waals surface area contributed by atoms with Gasteiger partial charge in [0.15, 0.2) is 0 Å². The zero-order valence-electron chi connectivity index (χ0n) is 13.6. The van der Waals surface area contributed by atoms with E-state index in [1.165, 1.54) is 4.88 Å². The first kappa shape index (κ1) is 16.1. The summed E-state index contributed by atoms with van der Waals surface area (Å²) in [4.78, 5) is 23.9. The number of nitrogens with zero attached hydrogens (tertiary/aromatic N) is 3. The molecule has 3 aromatic rings. The number of carbonyl (C=O) groups excluding carboxylic acids is 1. The Hall–Kier alpha value is -2.73. The molecule has 0 aliphatic rings. The number of anilines is 1. The number of benzene rings is 1. The summed E-state index contributed by atoms with van der Waals surface area (Å²) in [6, 6.07) is 13.5. The number of amides is 1. The van der Waals surface area contributed by atoms with E-state index in [0.29, 0.717) is 17.9 Å². The van der Waals surface area contributed by atoms with E-state index in [2.05, 4.69) is 21.4 Å². The molecule has 2 heterocycles. The van der Waals surface area contributed by atoms with Gasteiger partial charge in [0.05, 0.1) is 6.54 Å². The molecule has 0 radical (unpaired) electrons. The van der Waals surface area contributed by atoms with Crippen LogP contribution in [0.5, 0.6) is 0 Å². The van der Waals surface area contributed by atoms with Gasteiger partial charge in [0.1, 0.15) is 11.6 Å². The fraction of sp³-hybridized carbons (Fsp3) is 0.167. The molecule has 24 heavy (non-hydrogen) atoms. The van der Waals surface area contributed by atoms with E-state index in [-0.39, 0.29) is 5.91 Å². The van der Waals surface area contributed by atoms with Gasteiger partial charge >= 0.3 is 0 Å². The lowest BCUT2D eigenvalue weighted by Gasteiger charge is -2.12. The molecule has 5 nitrogen and oxygen atoms in total. The zero-order chi connectivity index (χ0) is 16.9. The van der Waals surface area contributed by atoms with Gasteiger partial charge in [-0.3, -0.25) is 4.79 Å². The highest BCUT2D eigenvalue weighted by molar-refractivity contribution is 7.13. The first-order valence-corrected chi connectivity index (χ1v) is 8.43. The Morgan fingerprint density at radius 1 is 1.17 bits per heavy atom. The van der Waals surface area contributed by atoms with Crippen molar-refractivity contribution in [3.05, 3.63) is 65.4 Å². The molecule has 0 unspecified atom stereocenters. The molecule has 0 saturated carbocycles. The Kier molecular flexibility index (Phi) is 4.86. The van der Waals surface area contributed by atoms with Crippen molar-refractivity contribution in [2.45, 2.75) is 6.54 Å². The predicted molar refractivity (Wildman–Crippen MR) is 97.3 cm³/mol. The van der Waals surface area contributed by atoms with Crippen molar-refractivity contribution in [1.29, 1.82) is 0 Å². The average molecular weight is 338 g/mol. The van der Waals surface area contributed by atoms with Crippen molar-refractivity contribution >= 4 is 23.1 Å². The van der Waals surface area contributed by atoms with Crippen LogP contribution in [0.15, 0.2) is 54.0 Å². The molecule has 6 heteroatoms. The van der Waals surface area contributed by atoms with E-state index in [1.807, 2.05) is 60.8 Å². The Labute approximate surface area is 145 Å². The van der Waals surface area contributed by atoms with Gasteiger partial charge in [-0.05, 0) is 35.2 Å². The van der Waals surface area contributed by atoms with Crippen molar-refractivity contribution in [2.24, 2.45) is 0 Å². The Morgan fingerprint density at radius 2 is 1.96 bits per heavy atom. The molecule has 122 valence electrons. The SMILES string of the molecule is CN(C)c1ccnc(CNC(=O)c2ccc(-c3cccs3)cc2)n1. The highest BCUT2D eigenvalue weighted by atomic mass is 32.1. The van der Waals surface area contributed by atoms with Crippen molar-refractivity contribution in [1.82, 2.24) is 15.3 Å². The largest absolute Gasteiger partial charge is 0.363 e. The molecule has 0 aliphatic heterocycles. The molecule has 0 fully saturated rings. The first-order chi connectivity index (χ1) is 11.6. The van der Waals surface area contributed by atoms with Crippen LogP contribution in [0.2, 0.25) is 0 Å². The van der Waals surface area contributed by atoms with Crippen molar-refractivity contribution in [3.8, 4) is 10.4 Å². The summed E-state index contributed by atoms with van der Waals surface area (Å²) < 4.78 is 0. The van der Waals surface area contributed by atoms with Crippen LogP contribution >= 0.6 is 11.3 Å². The van der Waals surface area contributed by atoms with Gasteiger partial charge in [-0.2, -0.15) is 0 Å². The van der Waals surface area contributed by atoms with E-state index in [9.17, 15) is 4.79 Å². The van der Waals surface area contributed by atoms with Gasteiger partial charge in [0.2, 0.25) is 0 Å². The normalized spacial score (nSPS) is 10.4. The van der Waals surface area contributed by atoms with Gasteiger partial charge in [-0.15, -0.1) is 11.3 Å². The number of thiophene rings is 1. The van der Waals surface area contributed by atoms with E-state index in [1.54, 1.807) is 17.5 Å². The van der Waals surface area contributed by atoms with Crippen LogP contribution < -0.4 is 10.2 Å². The topological polar surface area (TPSA) is 58.1 Å². The molecule has 0 bridgehead atoms. The van der Waals surface area contributed by atoms with Gasteiger partial charge < -0.3 is 10.2 Å². The molecule has 1 amide bonds. The summed E-state index contributed by atoms with van der Waals surface area (Å²) in [7, 11) is 3.83. The Morgan fingerprint density at radius 3 is 2.62 bits per heavy atom. The van der Waals surface area contributed by atoms with Gasteiger partial charge in [0, 0.05) is 30.7 Å². The molecule has 3 rings (SSSR count). The summed E-state index contributed by atoms with van der Waals surface area (Å²) in [5, 5.41) is 4.90. The minimum Gasteiger partial charge on any atom is -0.363 e. The number of aromatic nitrogens is 2. The van der Waals surface area contributed by atoms with E-state index >= 15 is 0 Å². The highest BCUT2D eigenvalue weighted by Crippen LogP contribution is 2.24. The third-order valence-corrected chi connectivity index (χ3v) is 4.43. The van der Waals surface area contributed by atoms with Crippen LogP contribution in [0.3, 0.4) is 0 Å². The highest BCUT2D eigenvalue weighted by Gasteiger charge is 2.08. The minimum atomic E-state index is -0.133. The maximum absolute atomic E-state index is 12.3. The standard InChI is InChI=1S/C18H18N4OS/c1-22(2)17-9-10-19-16(21-17)12-20-18(23)14-7-5-13(6-8-14)15-4-3-11-24-15/h3-11H,12H2,1-2H3,(H,20,23). The summed E-state index contributed by atoms with van der Waals surface area (Å²) in [6.07, 6.45) is 1.69. The molecule has 1 N–H and O–H groups in total. The first-order valence-electron chi connectivity index (χ1n) is 7.55. The molecule has 0 spiro atoms. The fourth-order valence-electron chi connectivity index (χ4n) is 2.21. The lowest BCUT2D eigenvalue weighted by Crippen LogP contribution is -2.24. The monoisotopic (exact) mass is 338 g/mol. The Bertz CT molecular complexity index is 813. The summed E-state index contributed by atoms with van der Waals surface area (Å²) in [6.45, 7) is 0.299. The number of rotatable bonds is 5. The van der Waals surface area contributed by atoms with Gasteiger partial charge in [0.25, 0.3) is 5.91 Å². The lowest BCUT2D eigenvalue weighted by molar-refractivity contribution is 0.0950. The second-order valence-electron chi connectivity index (χ2n) is 5.46. The average Bonchev–Trinajstić information content (AvgIpc) is 3.14. The van der Waals surface area contributed by atoms with Crippen LogP contribution in [0, 0.1) is 0 Å². The van der Waals surface area contributed by atoms with Crippen molar-refractivity contribution in [3.63, 3.8) is 0 Å². The van der Waals surface area contributed by atoms with Crippen LogP contribution in [0.25, 0.3) is 10.4 Å². The van der Waals surface area contributed by atoms with E-state index < -0.39 is 0 Å². The third-order valence-electron chi connectivity index (χ3n) is 3.51. The molecule has 0 aliphatic carbocycles. The van der Waals surface area contributed by atoms with Crippen LogP contribution in [0.1, 0.15) is 16.2 Å². The fourth-order valence-corrected chi connectivity index (χ4v) is 2.95. The summed E-state index contributed by atoms with van der Waals surface area (Å²) in [5.41, 5.74) is 1.74. The van der Waals surface area contributed by atoms with E-state index in [0.717, 1.165) is 11.4 Å². The molecule has 1 aromatic carbocycles. The smallest absolute Gasteiger partial charge is 0.251 e. The Balaban J connectivity index is 1.64. The summed E-state index contributed by atoms with van der Waals surface area (Å²) >= 11 is 1.68. The minimum absolute atomic E-state index is 0.133. The zero-order valence-corrected chi connectivity index (χ0v) is 14.4. The number of carbonyl (C=O) groups is 1. The van der Waals surface area contributed by atoms with Crippen LogP contribution in [0.4, 0.5) is 5.82 Å². The molecule has 2 aromatic heterocycles. The number of hydrogen-bond acceptors (Lipinski definition) is 5. The molecular formula is C18H18N4OS.